The van der Waals surface area contributed by atoms with E-state index in [4.69, 9.17) is 16.3 Å². The first-order valence-corrected chi connectivity index (χ1v) is 12.8. The van der Waals surface area contributed by atoms with E-state index in [1.807, 2.05) is 0 Å². The Hall–Kier alpha value is -3.44. The van der Waals surface area contributed by atoms with Gasteiger partial charge in [0.1, 0.15) is 11.4 Å². The summed E-state index contributed by atoms with van der Waals surface area (Å²) in [5.74, 6) is -2.81. The Labute approximate surface area is 224 Å². The van der Waals surface area contributed by atoms with Crippen molar-refractivity contribution in [3.05, 3.63) is 57.2 Å². The smallest absolute Gasteiger partial charge is 0.409 e. The zero-order valence-corrected chi connectivity index (χ0v) is 22.1. The van der Waals surface area contributed by atoms with Crippen LogP contribution in [-0.2, 0) is 25.7 Å². The minimum Gasteiger partial charge on any atom is -0.500 e. The molecule has 12 heteroatoms. The van der Waals surface area contributed by atoms with E-state index in [1.54, 1.807) is 19.0 Å². The number of hydrogen-bond donors (Lipinski definition) is 1. The third-order valence-corrected chi connectivity index (χ3v) is 8.21. The Morgan fingerprint density at radius 1 is 1.26 bits per heavy atom. The molecule has 38 heavy (non-hydrogen) atoms. The molecule has 1 aromatic rings. The van der Waals surface area contributed by atoms with Crippen molar-refractivity contribution in [2.75, 3.05) is 40.8 Å². The number of carbonyl (C=O) groups excluding carboxylic acids is 4. The van der Waals surface area contributed by atoms with E-state index >= 15 is 0 Å². The van der Waals surface area contributed by atoms with Crippen molar-refractivity contribution in [2.45, 2.75) is 32.0 Å². The van der Waals surface area contributed by atoms with Crippen LogP contribution < -0.4 is 0 Å². The molecule has 4 amide bonds. The van der Waals surface area contributed by atoms with Gasteiger partial charge in [0, 0.05) is 44.7 Å². The van der Waals surface area contributed by atoms with Gasteiger partial charge in [0.15, 0.2) is 6.17 Å². The van der Waals surface area contributed by atoms with Crippen LogP contribution in [0.1, 0.15) is 24.8 Å². The Kier molecular flexibility index (Phi) is 6.47. The van der Waals surface area contributed by atoms with Gasteiger partial charge in [-0.05, 0) is 37.0 Å². The summed E-state index contributed by atoms with van der Waals surface area (Å²) in [5, 5.41) is 11.0. The number of rotatable bonds is 6. The molecule has 2 unspecified atom stereocenters. The fraction of sp³-hybridized carbons (Fsp3) is 0.462. The maximum atomic E-state index is 13.9. The lowest BCUT2D eigenvalue weighted by Gasteiger charge is -2.40. The zero-order valence-electron chi connectivity index (χ0n) is 21.4. The summed E-state index contributed by atoms with van der Waals surface area (Å²) in [5.41, 5.74) is 1.02. The minimum atomic E-state index is -0.701. The van der Waals surface area contributed by atoms with Gasteiger partial charge in [0.2, 0.25) is 11.5 Å². The number of nitrogens with zero attached hydrogens (tertiary/aromatic N) is 4. The number of benzene rings is 1. The van der Waals surface area contributed by atoms with Gasteiger partial charge in [-0.15, -0.1) is 0 Å². The van der Waals surface area contributed by atoms with Gasteiger partial charge in [-0.2, -0.15) is 4.48 Å². The van der Waals surface area contributed by atoms with Crippen molar-refractivity contribution in [3.8, 4) is 0 Å². The van der Waals surface area contributed by atoms with Crippen molar-refractivity contribution < 1.29 is 37.9 Å². The average molecular weight is 548 g/mol. The standard InChI is InChI=1S/C26H28ClFN4O6/c1-29(26(37)38-3)10-11-31-22(15-5-6-15)32(2)20(24(31)35)16-8-9-30(23(34)19(16)21(33)25(32)36)13-14-4-7-18(28)17(27)12-14/h4,7,12,15,22H,5-6,8-11,13H2,1-3H3/p+1. The van der Waals surface area contributed by atoms with Crippen molar-refractivity contribution in [3.63, 3.8) is 0 Å². The molecular weight excluding hydrogens is 519 g/mol. The van der Waals surface area contributed by atoms with Crippen LogP contribution in [0.2, 0.25) is 5.02 Å². The number of carbonyl (C=O) groups is 4. The van der Waals surface area contributed by atoms with Crippen molar-refractivity contribution in [2.24, 2.45) is 5.92 Å². The van der Waals surface area contributed by atoms with Gasteiger partial charge in [-0.1, -0.05) is 17.7 Å². The number of piperidine rings is 1. The van der Waals surface area contributed by atoms with E-state index in [9.17, 15) is 28.7 Å². The second kappa shape index (κ2) is 9.39. The number of halogens is 2. The van der Waals surface area contributed by atoms with E-state index in [0.717, 1.165) is 12.8 Å². The predicted molar refractivity (Wildman–Crippen MR) is 133 cm³/mol. The highest BCUT2D eigenvalue weighted by Gasteiger charge is 2.67. The monoisotopic (exact) mass is 547 g/mol. The second-order valence-corrected chi connectivity index (χ2v) is 10.7. The number of ether oxygens (including phenoxy) is 1. The molecule has 10 nitrogen and oxygen atoms in total. The van der Waals surface area contributed by atoms with Crippen LogP contribution >= 0.6 is 11.6 Å². The van der Waals surface area contributed by atoms with Crippen LogP contribution in [0.3, 0.4) is 0 Å². The molecule has 0 spiro atoms. The Balaban J connectivity index is 1.49. The van der Waals surface area contributed by atoms with Gasteiger partial charge in [0.25, 0.3) is 5.91 Å². The van der Waals surface area contributed by atoms with E-state index in [1.165, 1.54) is 35.1 Å². The SMILES string of the molecule is COC(=O)N(C)CCN1C(=O)C2=C3CCN(Cc4ccc(F)c(Cl)c4)C(=O)C3=C(O)C(=O)[N+]2(C)C1C1CC1. The van der Waals surface area contributed by atoms with Crippen molar-refractivity contribution in [1.82, 2.24) is 14.7 Å². The molecular formula is C26H29ClFN4O6+. The normalized spacial score (nSPS) is 25.2. The van der Waals surface area contributed by atoms with Crippen LogP contribution in [0.5, 0.6) is 0 Å². The average Bonchev–Trinajstić information content (AvgIpc) is 3.69. The maximum absolute atomic E-state index is 13.9. The lowest BCUT2D eigenvalue weighted by molar-refractivity contribution is -0.822. The van der Waals surface area contributed by atoms with Crippen LogP contribution in [0.15, 0.2) is 40.8 Å². The van der Waals surface area contributed by atoms with E-state index < -0.39 is 40.1 Å². The molecule has 1 aromatic carbocycles. The molecule has 0 aromatic heterocycles. The summed E-state index contributed by atoms with van der Waals surface area (Å²) in [7, 11) is 4.46. The highest BCUT2D eigenvalue weighted by atomic mass is 35.5. The predicted octanol–water partition coefficient (Wildman–Crippen LogP) is 2.54. The fourth-order valence-corrected chi connectivity index (χ4v) is 6.09. The van der Waals surface area contributed by atoms with E-state index in [-0.39, 0.29) is 60.7 Å². The van der Waals surface area contributed by atoms with Crippen LogP contribution in [0.4, 0.5) is 9.18 Å². The van der Waals surface area contributed by atoms with Crippen LogP contribution in [0, 0.1) is 11.7 Å². The molecule has 5 rings (SSSR count). The maximum Gasteiger partial charge on any atom is 0.409 e. The molecule has 1 aliphatic carbocycles. The van der Waals surface area contributed by atoms with E-state index in [0.29, 0.717) is 11.1 Å². The molecule has 3 aliphatic heterocycles. The number of methoxy groups -OCH3 is 1. The van der Waals surface area contributed by atoms with Crippen LogP contribution in [0.25, 0.3) is 0 Å². The molecule has 1 N–H and O–H groups in total. The zero-order chi connectivity index (χ0) is 27.5. The second-order valence-electron chi connectivity index (χ2n) is 10.3. The largest absolute Gasteiger partial charge is 0.500 e. The topological polar surface area (TPSA) is 107 Å². The summed E-state index contributed by atoms with van der Waals surface area (Å²) < 4.78 is 17.9. The molecule has 2 saturated heterocycles. The Morgan fingerprint density at radius 2 is 1.97 bits per heavy atom. The lowest BCUT2D eigenvalue weighted by atomic mass is 9.88. The number of amides is 4. The number of aliphatic hydroxyl groups excluding tert-OH is 1. The third kappa shape index (κ3) is 3.95. The summed E-state index contributed by atoms with van der Waals surface area (Å²) in [4.78, 5) is 57.4. The van der Waals surface area contributed by atoms with Crippen LogP contribution in [-0.4, -0.2) is 95.1 Å². The number of likely N-dealkylation sites (N-methyl/N-ethyl adjacent to an activating group) is 2. The molecule has 0 radical (unpaired) electrons. The van der Waals surface area contributed by atoms with Crippen molar-refractivity contribution in [1.29, 1.82) is 0 Å². The number of fused-ring (bicyclic) bond motifs is 2. The first-order chi connectivity index (χ1) is 18.0. The van der Waals surface area contributed by atoms with Crippen molar-refractivity contribution >= 4 is 35.4 Å². The highest BCUT2D eigenvalue weighted by Crippen LogP contribution is 2.51. The summed E-state index contributed by atoms with van der Waals surface area (Å²) in [6.07, 6.45) is 0.833. The first-order valence-electron chi connectivity index (χ1n) is 12.4. The molecule has 202 valence electrons. The Morgan fingerprint density at radius 3 is 2.61 bits per heavy atom. The van der Waals surface area contributed by atoms with Gasteiger partial charge in [0.05, 0.1) is 19.2 Å². The number of aliphatic hydroxyl groups is 1. The van der Waals surface area contributed by atoms with Gasteiger partial charge >= 0.3 is 17.9 Å². The summed E-state index contributed by atoms with van der Waals surface area (Å²) >= 11 is 5.89. The summed E-state index contributed by atoms with van der Waals surface area (Å²) in [6.45, 7) is 0.704. The quantitative estimate of drug-likeness (QED) is 0.549. The molecule has 3 fully saturated rings. The van der Waals surface area contributed by atoms with Gasteiger partial charge in [-0.25, -0.2) is 14.0 Å². The molecule has 0 bridgehead atoms. The lowest BCUT2D eigenvalue weighted by Crippen LogP contribution is -2.59. The molecule has 4 aliphatic rings. The molecule has 2 atom stereocenters. The Bertz CT molecular complexity index is 1320. The summed E-state index contributed by atoms with van der Waals surface area (Å²) in [6, 6.07) is 4.15. The number of likely N-dealkylation sites (tertiary alicyclic amines) is 1. The third-order valence-electron chi connectivity index (χ3n) is 7.92. The molecule has 1 saturated carbocycles. The number of hydrogen-bond acceptors (Lipinski definition) is 6. The minimum absolute atomic E-state index is 0.0581. The van der Waals surface area contributed by atoms with Gasteiger partial charge < -0.3 is 19.6 Å². The first kappa shape index (κ1) is 26.2. The highest BCUT2D eigenvalue weighted by molar-refractivity contribution is 6.30. The van der Waals surface area contributed by atoms with Gasteiger partial charge in [-0.3, -0.25) is 14.5 Å². The van der Waals surface area contributed by atoms with E-state index in [2.05, 4.69) is 0 Å². The molecule has 3 heterocycles. The fourth-order valence-electron chi connectivity index (χ4n) is 5.88. The number of quaternary nitrogens is 1.